The monoisotopic (exact) mass is 342 g/mol. The smallest absolute Gasteiger partial charge is 0.333 e. The Kier molecular flexibility index (Phi) is 4.03. The number of halogens is 3. The van der Waals surface area contributed by atoms with Crippen molar-refractivity contribution < 1.29 is 28.0 Å². The van der Waals surface area contributed by atoms with E-state index in [1.165, 1.54) is 6.07 Å². The second-order valence-corrected chi connectivity index (χ2v) is 6.47. The van der Waals surface area contributed by atoms with Gasteiger partial charge in [0.2, 0.25) is 5.91 Å². The lowest BCUT2D eigenvalue weighted by molar-refractivity contribution is -0.161. The van der Waals surface area contributed by atoms with E-state index in [2.05, 4.69) is 0 Å². The molecule has 0 aromatic heterocycles. The highest BCUT2D eigenvalue weighted by Gasteiger charge is 2.50. The number of nitrogens with one attached hydrogen (secondary N) is 1. The summed E-state index contributed by atoms with van der Waals surface area (Å²) < 4.78 is 37.7. The van der Waals surface area contributed by atoms with E-state index in [0.29, 0.717) is 31.2 Å². The van der Waals surface area contributed by atoms with Gasteiger partial charge in [-0.1, -0.05) is 6.07 Å². The molecule has 0 bridgehead atoms. The van der Waals surface area contributed by atoms with Crippen molar-refractivity contribution >= 4 is 11.8 Å². The number of carbonyl (C=O) groups excluding carboxylic acids is 2. The average Bonchev–Trinajstić information content (AvgIpc) is 2.81. The minimum Gasteiger partial charge on any atom is -0.333 e. The van der Waals surface area contributed by atoms with Gasteiger partial charge in [0.15, 0.2) is 0 Å². The Balaban J connectivity index is 1.80. The van der Waals surface area contributed by atoms with Crippen LogP contribution in [0.25, 0.3) is 0 Å². The third kappa shape index (κ3) is 2.98. The molecule has 1 saturated heterocycles. The number of fused-ring (bicyclic) bond motifs is 1. The van der Waals surface area contributed by atoms with Crippen molar-refractivity contribution in [3.63, 3.8) is 0 Å². The molecule has 1 fully saturated rings. The Hall–Kier alpha value is -2.09. The van der Waals surface area contributed by atoms with Crippen LogP contribution in [0.2, 0.25) is 0 Å². The molecule has 1 atom stereocenters. The number of hydroxylamine groups is 1. The van der Waals surface area contributed by atoms with Crippen molar-refractivity contribution in [3.05, 3.63) is 34.9 Å². The lowest BCUT2D eigenvalue weighted by Gasteiger charge is -2.33. The quantitative estimate of drug-likeness (QED) is 0.639. The van der Waals surface area contributed by atoms with E-state index < -0.39 is 30.0 Å². The van der Waals surface area contributed by atoms with Crippen molar-refractivity contribution in [2.24, 2.45) is 5.41 Å². The highest BCUT2D eigenvalue weighted by atomic mass is 19.4. The zero-order chi connectivity index (χ0) is 17.5. The number of hydrogen-bond acceptors (Lipinski definition) is 3. The molecule has 0 radical (unpaired) electrons. The molecule has 24 heavy (non-hydrogen) atoms. The molecule has 2 amide bonds. The number of amides is 2. The lowest BCUT2D eigenvalue weighted by atomic mass is 9.70. The van der Waals surface area contributed by atoms with Gasteiger partial charge in [-0.05, 0) is 48.9 Å². The van der Waals surface area contributed by atoms with E-state index in [9.17, 15) is 22.8 Å². The van der Waals surface area contributed by atoms with Crippen LogP contribution in [0.5, 0.6) is 0 Å². The number of nitrogens with zero attached hydrogens (tertiary/aromatic N) is 1. The maximum Gasteiger partial charge on any atom is 0.406 e. The molecular formula is C16H17F3N2O3. The number of benzene rings is 1. The fraction of sp³-hybridized carbons (Fsp3) is 0.500. The number of rotatable bonds is 2. The number of alkyl halides is 3. The van der Waals surface area contributed by atoms with E-state index in [4.69, 9.17) is 5.21 Å². The molecule has 1 heterocycles. The van der Waals surface area contributed by atoms with Crippen LogP contribution in [0.4, 0.5) is 13.2 Å². The second kappa shape index (κ2) is 5.77. The minimum atomic E-state index is -4.39. The Morgan fingerprint density at radius 2 is 2.04 bits per heavy atom. The van der Waals surface area contributed by atoms with Gasteiger partial charge in [0.1, 0.15) is 6.54 Å². The summed E-state index contributed by atoms with van der Waals surface area (Å²) in [5.74, 6) is -1.05. The first-order chi connectivity index (χ1) is 11.2. The molecule has 1 aromatic rings. The summed E-state index contributed by atoms with van der Waals surface area (Å²) in [6.07, 6.45) is -2.60. The van der Waals surface area contributed by atoms with Crippen LogP contribution in [-0.2, 0) is 17.6 Å². The fourth-order valence-electron chi connectivity index (χ4n) is 3.72. The molecule has 0 saturated carbocycles. The second-order valence-electron chi connectivity index (χ2n) is 6.47. The average molecular weight is 342 g/mol. The van der Waals surface area contributed by atoms with Crippen molar-refractivity contribution in [1.29, 1.82) is 0 Å². The molecule has 3 rings (SSSR count). The predicted octanol–water partition coefficient (Wildman–Crippen LogP) is 2.08. The Morgan fingerprint density at radius 3 is 2.71 bits per heavy atom. The molecule has 1 aromatic carbocycles. The molecule has 1 spiro atoms. The first kappa shape index (κ1) is 16.8. The number of likely N-dealkylation sites (tertiary alicyclic amines) is 1. The summed E-state index contributed by atoms with van der Waals surface area (Å²) >= 11 is 0. The summed E-state index contributed by atoms with van der Waals surface area (Å²) in [6, 6.07) is 4.90. The van der Waals surface area contributed by atoms with Crippen LogP contribution >= 0.6 is 0 Å². The zero-order valence-electron chi connectivity index (χ0n) is 12.8. The molecule has 1 aliphatic heterocycles. The zero-order valence-corrected chi connectivity index (χ0v) is 12.8. The topological polar surface area (TPSA) is 69.6 Å². The van der Waals surface area contributed by atoms with E-state index in [1.54, 1.807) is 17.6 Å². The third-order valence-electron chi connectivity index (χ3n) is 4.94. The molecular weight excluding hydrogens is 325 g/mol. The summed E-state index contributed by atoms with van der Waals surface area (Å²) in [5, 5.41) is 8.67. The maximum absolute atomic E-state index is 12.6. The van der Waals surface area contributed by atoms with E-state index >= 15 is 0 Å². The SMILES string of the molecule is O=C(NO)c1ccc2c(c1)CC[C@]1(CCN(CC(F)(F)F)C1=O)C2. The van der Waals surface area contributed by atoms with Gasteiger partial charge >= 0.3 is 6.18 Å². The van der Waals surface area contributed by atoms with Crippen LogP contribution in [0.3, 0.4) is 0 Å². The van der Waals surface area contributed by atoms with Gasteiger partial charge in [-0.15, -0.1) is 0 Å². The van der Waals surface area contributed by atoms with Gasteiger partial charge in [0, 0.05) is 12.1 Å². The fourth-order valence-corrected chi connectivity index (χ4v) is 3.72. The Morgan fingerprint density at radius 1 is 1.29 bits per heavy atom. The largest absolute Gasteiger partial charge is 0.406 e. The number of aryl methyl sites for hydroxylation is 1. The summed E-state index contributed by atoms with van der Waals surface area (Å²) in [6.45, 7) is -1.07. The van der Waals surface area contributed by atoms with Gasteiger partial charge in [-0.2, -0.15) is 13.2 Å². The van der Waals surface area contributed by atoms with Gasteiger partial charge in [-0.25, -0.2) is 5.48 Å². The highest BCUT2D eigenvalue weighted by Crippen LogP contribution is 2.44. The van der Waals surface area contributed by atoms with Gasteiger partial charge in [0.05, 0.1) is 5.41 Å². The van der Waals surface area contributed by atoms with Crippen LogP contribution in [0.15, 0.2) is 18.2 Å². The van der Waals surface area contributed by atoms with Gasteiger partial charge in [-0.3, -0.25) is 14.8 Å². The predicted molar refractivity (Wildman–Crippen MR) is 77.4 cm³/mol. The number of hydrogen-bond donors (Lipinski definition) is 2. The van der Waals surface area contributed by atoms with E-state index in [1.807, 2.05) is 0 Å². The van der Waals surface area contributed by atoms with E-state index in [0.717, 1.165) is 16.0 Å². The minimum absolute atomic E-state index is 0.124. The van der Waals surface area contributed by atoms with Crippen LogP contribution in [0, 0.1) is 5.41 Å². The van der Waals surface area contributed by atoms with E-state index in [-0.39, 0.29) is 6.54 Å². The third-order valence-corrected chi connectivity index (χ3v) is 4.94. The first-order valence-electron chi connectivity index (χ1n) is 7.66. The standard InChI is InChI=1S/C16H17F3N2O3/c17-16(18,19)9-21-6-5-15(14(21)23)4-3-10-7-11(13(22)20-24)1-2-12(10)8-15/h1-2,7,24H,3-6,8-9H2,(H,20,22)/t15-/m0/s1. The Bertz CT molecular complexity index is 690. The lowest BCUT2D eigenvalue weighted by Crippen LogP contribution is -2.42. The maximum atomic E-state index is 12.6. The molecule has 130 valence electrons. The summed E-state index contributed by atoms with van der Waals surface area (Å²) in [5.41, 5.74) is 2.87. The summed E-state index contributed by atoms with van der Waals surface area (Å²) in [7, 11) is 0. The Labute approximate surface area is 136 Å². The van der Waals surface area contributed by atoms with Crippen molar-refractivity contribution in [2.75, 3.05) is 13.1 Å². The van der Waals surface area contributed by atoms with Crippen molar-refractivity contribution in [2.45, 2.75) is 31.9 Å². The molecule has 0 unspecified atom stereocenters. The van der Waals surface area contributed by atoms with Crippen LogP contribution in [-0.4, -0.2) is 41.2 Å². The van der Waals surface area contributed by atoms with Gasteiger partial charge < -0.3 is 4.90 Å². The van der Waals surface area contributed by atoms with Crippen LogP contribution in [0.1, 0.15) is 34.3 Å². The van der Waals surface area contributed by atoms with Crippen molar-refractivity contribution in [3.8, 4) is 0 Å². The van der Waals surface area contributed by atoms with Gasteiger partial charge in [0.25, 0.3) is 5.91 Å². The normalized spacial score (nSPS) is 23.5. The molecule has 1 aliphatic carbocycles. The molecule has 2 N–H and O–H groups in total. The van der Waals surface area contributed by atoms with Crippen LogP contribution < -0.4 is 5.48 Å². The highest BCUT2D eigenvalue weighted by molar-refractivity contribution is 5.93. The first-order valence-corrected chi connectivity index (χ1v) is 7.66. The number of carbonyl (C=O) groups is 2. The molecule has 2 aliphatic rings. The summed E-state index contributed by atoms with van der Waals surface area (Å²) in [4.78, 5) is 24.9. The van der Waals surface area contributed by atoms with Crippen molar-refractivity contribution in [1.82, 2.24) is 10.4 Å². The molecule has 8 heteroatoms. The molecule has 5 nitrogen and oxygen atoms in total.